The van der Waals surface area contributed by atoms with Crippen LogP contribution in [0.2, 0.25) is 0 Å². The standard InChI is InChI=1S/C12H17NO2/c1-3-4-12(15)10-5-7-11(8-6-10)13-9(2)14/h5-8,12,15H,3-4H2,1-2H3,(H,13,14). The first kappa shape index (κ1) is 11.7. The summed E-state index contributed by atoms with van der Waals surface area (Å²) in [4.78, 5) is 10.8. The van der Waals surface area contributed by atoms with E-state index < -0.39 is 6.10 Å². The van der Waals surface area contributed by atoms with Crippen molar-refractivity contribution in [3.8, 4) is 0 Å². The molecule has 1 aromatic carbocycles. The quantitative estimate of drug-likeness (QED) is 0.796. The van der Waals surface area contributed by atoms with Crippen molar-refractivity contribution in [2.24, 2.45) is 0 Å². The largest absolute Gasteiger partial charge is 0.388 e. The van der Waals surface area contributed by atoms with Crippen molar-refractivity contribution in [2.75, 3.05) is 5.32 Å². The Morgan fingerprint density at radius 2 is 2.00 bits per heavy atom. The van der Waals surface area contributed by atoms with Gasteiger partial charge in [0.15, 0.2) is 0 Å². The van der Waals surface area contributed by atoms with Gasteiger partial charge in [0.2, 0.25) is 5.91 Å². The van der Waals surface area contributed by atoms with E-state index in [1.54, 1.807) is 12.1 Å². The van der Waals surface area contributed by atoms with Crippen LogP contribution < -0.4 is 5.32 Å². The number of amides is 1. The molecule has 0 saturated heterocycles. The van der Waals surface area contributed by atoms with Crippen LogP contribution in [0.25, 0.3) is 0 Å². The number of carbonyl (C=O) groups is 1. The summed E-state index contributed by atoms with van der Waals surface area (Å²) in [7, 11) is 0. The third kappa shape index (κ3) is 3.72. The van der Waals surface area contributed by atoms with Crippen molar-refractivity contribution in [1.82, 2.24) is 0 Å². The maximum Gasteiger partial charge on any atom is 0.221 e. The lowest BCUT2D eigenvalue weighted by atomic mass is 10.1. The molecule has 0 bridgehead atoms. The lowest BCUT2D eigenvalue weighted by Gasteiger charge is -2.10. The van der Waals surface area contributed by atoms with Crippen LogP contribution in [0.15, 0.2) is 24.3 Å². The molecule has 0 radical (unpaired) electrons. The summed E-state index contributed by atoms with van der Waals surface area (Å²) in [6, 6.07) is 7.28. The summed E-state index contributed by atoms with van der Waals surface area (Å²) < 4.78 is 0. The summed E-state index contributed by atoms with van der Waals surface area (Å²) in [6.45, 7) is 3.51. The zero-order valence-corrected chi connectivity index (χ0v) is 9.16. The highest BCUT2D eigenvalue weighted by molar-refractivity contribution is 5.88. The first-order valence-corrected chi connectivity index (χ1v) is 5.19. The zero-order valence-electron chi connectivity index (χ0n) is 9.16. The lowest BCUT2D eigenvalue weighted by molar-refractivity contribution is -0.114. The maximum absolute atomic E-state index is 10.8. The van der Waals surface area contributed by atoms with Crippen molar-refractivity contribution in [1.29, 1.82) is 0 Å². The zero-order chi connectivity index (χ0) is 11.3. The Labute approximate surface area is 90.1 Å². The molecule has 15 heavy (non-hydrogen) atoms. The number of aliphatic hydroxyl groups excluding tert-OH is 1. The monoisotopic (exact) mass is 207 g/mol. The fourth-order valence-electron chi connectivity index (χ4n) is 1.43. The van der Waals surface area contributed by atoms with Crippen molar-refractivity contribution in [3.63, 3.8) is 0 Å². The van der Waals surface area contributed by atoms with Crippen molar-refractivity contribution < 1.29 is 9.90 Å². The highest BCUT2D eigenvalue weighted by atomic mass is 16.3. The van der Waals surface area contributed by atoms with E-state index in [0.717, 1.165) is 24.1 Å². The minimum Gasteiger partial charge on any atom is -0.388 e. The second-order valence-corrected chi connectivity index (χ2v) is 3.61. The van der Waals surface area contributed by atoms with Gasteiger partial charge in [-0.05, 0) is 24.1 Å². The van der Waals surface area contributed by atoms with Crippen LogP contribution in [-0.4, -0.2) is 11.0 Å². The second-order valence-electron chi connectivity index (χ2n) is 3.61. The maximum atomic E-state index is 10.8. The van der Waals surface area contributed by atoms with E-state index in [9.17, 15) is 9.90 Å². The molecule has 0 aromatic heterocycles. The van der Waals surface area contributed by atoms with Crippen LogP contribution in [0.1, 0.15) is 38.4 Å². The van der Waals surface area contributed by atoms with Crippen LogP contribution in [0.4, 0.5) is 5.69 Å². The minimum absolute atomic E-state index is 0.0862. The van der Waals surface area contributed by atoms with Gasteiger partial charge < -0.3 is 10.4 Å². The molecule has 2 N–H and O–H groups in total. The highest BCUT2D eigenvalue weighted by Crippen LogP contribution is 2.19. The van der Waals surface area contributed by atoms with Gasteiger partial charge in [0, 0.05) is 12.6 Å². The molecule has 0 spiro atoms. The summed E-state index contributed by atoms with van der Waals surface area (Å²) in [6.07, 6.45) is 1.31. The minimum atomic E-state index is -0.402. The molecule has 0 aliphatic heterocycles. The Bertz CT molecular complexity index is 319. The van der Waals surface area contributed by atoms with E-state index in [4.69, 9.17) is 0 Å². The molecule has 1 atom stereocenters. The molecular weight excluding hydrogens is 190 g/mol. The van der Waals surface area contributed by atoms with Gasteiger partial charge in [0.1, 0.15) is 0 Å². The average molecular weight is 207 g/mol. The van der Waals surface area contributed by atoms with E-state index in [1.165, 1.54) is 6.92 Å². The van der Waals surface area contributed by atoms with Gasteiger partial charge in [0.05, 0.1) is 6.10 Å². The lowest BCUT2D eigenvalue weighted by Crippen LogP contribution is -2.05. The molecule has 0 fully saturated rings. The van der Waals surface area contributed by atoms with Crippen LogP contribution >= 0.6 is 0 Å². The second kappa shape index (κ2) is 5.51. The number of hydrogen-bond donors (Lipinski definition) is 2. The molecule has 3 nitrogen and oxygen atoms in total. The summed E-state index contributed by atoms with van der Waals surface area (Å²) in [5.74, 6) is -0.0862. The molecule has 1 rings (SSSR count). The fraction of sp³-hybridized carbons (Fsp3) is 0.417. The topological polar surface area (TPSA) is 49.3 Å². The molecule has 0 aliphatic rings. The number of rotatable bonds is 4. The number of hydrogen-bond acceptors (Lipinski definition) is 2. The molecule has 82 valence electrons. The van der Waals surface area contributed by atoms with E-state index >= 15 is 0 Å². The smallest absolute Gasteiger partial charge is 0.221 e. The van der Waals surface area contributed by atoms with E-state index in [1.807, 2.05) is 19.1 Å². The third-order valence-corrected chi connectivity index (χ3v) is 2.18. The van der Waals surface area contributed by atoms with Crippen molar-refractivity contribution in [3.05, 3.63) is 29.8 Å². The molecule has 3 heteroatoms. The van der Waals surface area contributed by atoms with Crippen molar-refractivity contribution in [2.45, 2.75) is 32.8 Å². The van der Waals surface area contributed by atoms with Crippen molar-refractivity contribution >= 4 is 11.6 Å². The van der Waals surface area contributed by atoms with Gasteiger partial charge in [-0.1, -0.05) is 25.5 Å². The predicted octanol–water partition coefficient (Wildman–Crippen LogP) is 2.48. The SMILES string of the molecule is CCCC(O)c1ccc(NC(C)=O)cc1. The fourth-order valence-corrected chi connectivity index (χ4v) is 1.43. The van der Waals surface area contributed by atoms with Crippen LogP contribution in [0.5, 0.6) is 0 Å². The average Bonchev–Trinajstić information content (AvgIpc) is 2.18. The first-order chi connectivity index (χ1) is 7.13. The van der Waals surface area contributed by atoms with Gasteiger partial charge in [-0.25, -0.2) is 0 Å². The predicted molar refractivity (Wildman–Crippen MR) is 60.6 cm³/mol. The third-order valence-electron chi connectivity index (χ3n) is 2.18. The Morgan fingerprint density at radius 3 is 2.47 bits per heavy atom. The van der Waals surface area contributed by atoms with E-state index in [-0.39, 0.29) is 5.91 Å². The van der Waals surface area contributed by atoms with Gasteiger partial charge in [-0.15, -0.1) is 0 Å². The molecule has 1 unspecified atom stereocenters. The van der Waals surface area contributed by atoms with E-state index in [0.29, 0.717) is 0 Å². The highest BCUT2D eigenvalue weighted by Gasteiger charge is 2.05. The molecule has 0 heterocycles. The first-order valence-electron chi connectivity index (χ1n) is 5.19. The number of carbonyl (C=O) groups excluding carboxylic acids is 1. The van der Waals surface area contributed by atoms with Crippen LogP contribution in [0, 0.1) is 0 Å². The Balaban J connectivity index is 2.67. The van der Waals surface area contributed by atoms with Gasteiger partial charge >= 0.3 is 0 Å². The van der Waals surface area contributed by atoms with Crippen LogP contribution in [-0.2, 0) is 4.79 Å². The normalized spacial score (nSPS) is 12.2. The molecular formula is C12H17NO2. The summed E-state index contributed by atoms with van der Waals surface area (Å²) >= 11 is 0. The van der Waals surface area contributed by atoms with Gasteiger partial charge in [-0.3, -0.25) is 4.79 Å². The van der Waals surface area contributed by atoms with Gasteiger partial charge in [-0.2, -0.15) is 0 Å². The molecule has 1 aromatic rings. The number of nitrogens with one attached hydrogen (secondary N) is 1. The molecule has 1 amide bonds. The number of benzene rings is 1. The van der Waals surface area contributed by atoms with E-state index in [2.05, 4.69) is 5.32 Å². The van der Waals surface area contributed by atoms with Crippen LogP contribution in [0.3, 0.4) is 0 Å². The summed E-state index contributed by atoms with van der Waals surface area (Å²) in [5.41, 5.74) is 1.65. The Hall–Kier alpha value is -1.35. The number of anilines is 1. The Kier molecular flexibility index (Phi) is 4.31. The van der Waals surface area contributed by atoms with Gasteiger partial charge in [0.25, 0.3) is 0 Å². The molecule has 0 saturated carbocycles. The Morgan fingerprint density at radius 1 is 1.40 bits per heavy atom. The molecule has 0 aliphatic carbocycles. The number of aliphatic hydroxyl groups is 1. The summed E-state index contributed by atoms with van der Waals surface area (Å²) in [5, 5.41) is 12.4.